The van der Waals surface area contributed by atoms with Gasteiger partial charge in [-0.2, -0.15) is 5.10 Å². The molecule has 0 aromatic carbocycles. The summed E-state index contributed by atoms with van der Waals surface area (Å²) in [6.07, 6.45) is 3.83. The van der Waals surface area contributed by atoms with Crippen LogP contribution in [0.2, 0.25) is 0 Å². The predicted molar refractivity (Wildman–Crippen MR) is 61.8 cm³/mol. The summed E-state index contributed by atoms with van der Waals surface area (Å²) in [6.45, 7) is 6.58. The van der Waals surface area contributed by atoms with Crippen LogP contribution in [0.4, 0.5) is 0 Å². The van der Waals surface area contributed by atoms with Gasteiger partial charge in [0, 0.05) is 24.2 Å². The lowest BCUT2D eigenvalue weighted by atomic mass is 10.1. The number of aromatic nitrogens is 2. The molecule has 0 radical (unpaired) electrons. The second-order valence-electron chi connectivity index (χ2n) is 4.94. The number of nitrogens with one attached hydrogen (secondary N) is 2. The molecule has 1 aromatic heterocycles. The molecular formula is C12H21N3. The zero-order valence-corrected chi connectivity index (χ0v) is 9.88. The van der Waals surface area contributed by atoms with E-state index in [1.807, 2.05) is 6.92 Å². The minimum atomic E-state index is 0.517. The van der Waals surface area contributed by atoms with Crippen molar-refractivity contribution in [3.8, 4) is 0 Å². The highest BCUT2D eigenvalue weighted by Gasteiger charge is 2.28. The molecule has 3 nitrogen and oxygen atoms in total. The van der Waals surface area contributed by atoms with Gasteiger partial charge in [0.05, 0.1) is 5.69 Å². The Morgan fingerprint density at radius 3 is 2.80 bits per heavy atom. The van der Waals surface area contributed by atoms with Crippen molar-refractivity contribution in [1.29, 1.82) is 0 Å². The third-order valence-corrected chi connectivity index (χ3v) is 3.15. The zero-order chi connectivity index (χ0) is 10.8. The number of aromatic amines is 1. The van der Waals surface area contributed by atoms with Gasteiger partial charge < -0.3 is 5.32 Å². The average molecular weight is 207 g/mol. The maximum Gasteiger partial charge on any atom is 0.0640 e. The van der Waals surface area contributed by atoms with Gasteiger partial charge in [-0.25, -0.2) is 0 Å². The summed E-state index contributed by atoms with van der Waals surface area (Å²) in [5.74, 6) is 0.924. The van der Waals surface area contributed by atoms with Gasteiger partial charge in [-0.1, -0.05) is 0 Å². The molecule has 1 aliphatic carbocycles. The van der Waals surface area contributed by atoms with Gasteiger partial charge in [0.25, 0.3) is 0 Å². The van der Waals surface area contributed by atoms with E-state index in [0.29, 0.717) is 12.1 Å². The van der Waals surface area contributed by atoms with Crippen molar-refractivity contribution < 1.29 is 0 Å². The SMILES string of the molecule is Cc1cc(CC(C)NC(C)C2CC2)n[nH]1. The van der Waals surface area contributed by atoms with Crippen LogP contribution in [0.3, 0.4) is 0 Å². The van der Waals surface area contributed by atoms with Crippen molar-refractivity contribution in [2.75, 3.05) is 0 Å². The molecule has 3 heteroatoms. The number of nitrogens with zero attached hydrogens (tertiary/aromatic N) is 1. The third-order valence-electron chi connectivity index (χ3n) is 3.15. The van der Waals surface area contributed by atoms with Gasteiger partial charge in [-0.15, -0.1) is 0 Å². The van der Waals surface area contributed by atoms with Crippen molar-refractivity contribution >= 4 is 0 Å². The molecule has 1 aromatic rings. The van der Waals surface area contributed by atoms with Gasteiger partial charge >= 0.3 is 0 Å². The van der Waals surface area contributed by atoms with Crippen molar-refractivity contribution in [2.24, 2.45) is 5.92 Å². The fraction of sp³-hybridized carbons (Fsp3) is 0.750. The second kappa shape index (κ2) is 4.35. The van der Waals surface area contributed by atoms with Crippen LogP contribution in [0.5, 0.6) is 0 Å². The van der Waals surface area contributed by atoms with E-state index >= 15 is 0 Å². The first-order chi connectivity index (χ1) is 7.15. The fourth-order valence-corrected chi connectivity index (χ4v) is 2.13. The molecule has 0 spiro atoms. The Balaban J connectivity index is 1.78. The minimum Gasteiger partial charge on any atom is -0.311 e. The Hall–Kier alpha value is -0.830. The van der Waals surface area contributed by atoms with E-state index in [1.165, 1.54) is 12.8 Å². The van der Waals surface area contributed by atoms with Crippen LogP contribution in [-0.4, -0.2) is 22.3 Å². The molecular weight excluding hydrogens is 186 g/mol. The van der Waals surface area contributed by atoms with Crippen LogP contribution in [0.15, 0.2) is 6.07 Å². The first-order valence-electron chi connectivity index (χ1n) is 5.92. The molecule has 0 saturated heterocycles. The zero-order valence-electron chi connectivity index (χ0n) is 9.88. The molecule has 84 valence electrons. The molecule has 1 heterocycles. The monoisotopic (exact) mass is 207 g/mol. The Kier molecular flexibility index (Phi) is 3.10. The van der Waals surface area contributed by atoms with E-state index < -0.39 is 0 Å². The fourth-order valence-electron chi connectivity index (χ4n) is 2.13. The Bertz CT molecular complexity index is 314. The largest absolute Gasteiger partial charge is 0.311 e. The average Bonchev–Trinajstić information content (AvgIpc) is 2.92. The summed E-state index contributed by atoms with van der Waals surface area (Å²) < 4.78 is 0. The van der Waals surface area contributed by atoms with E-state index in [1.54, 1.807) is 0 Å². The quantitative estimate of drug-likeness (QED) is 0.775. The Labute approximate surface area is 91.7 Å². The molecule has 2 rings (SSSR count). The van der Waals surface area contributed by atoms with Crippen molar-refractivity contribution in [2.45, 2.75) is 52.1 Å². The number of hydrogen-bond acceptors (Lipinski definition) is 2. The highest BCUT2D eigenvalue weighted by atomic mass is 15.1. The predicted octanol–water partition coefficient (Wildman–Crippen LogP) is 2.04. The van der Waals surface area contributed by atoms with Crippen LogP contribution in [0.1, 0.15) is 38.1 Å². The van der Waals surface area contributed by atoms with Crippen LogP contribution < -0.4 is 5.32 Å². The normalized spacial score (nSPS) is 20.2. The maximum absolute atomic E-state index is 4.26. The summed E-state index contributed by atoms with van der Waals surface area (Å²) in [7, 11) is 0. The molecule has 15 heavy (non-hydrogen) atoms. The summed E-state index contributed by atoms with van der Waals surface area (Å²) >= 11 is 0. The first-order valence-corrected chi connectivity index (χ1v) is 5.92. The smallest absolute Gasteiger partial charge is 0.0640 e. The van der Waals surface area contributed by atoms with Crippen molar-refractivity contribution in [3.05, 3.63) is 17.5 Å². The molecule has 0 amide bonds. The molecule has 1 fully saturated rings. The molecule has 1 aliphatic rings. The topological polar surface area (TPSA) is 40.7 Å². The molecule has 2 unspecified atom stereocenters. The van der Waals surface area contributed by atoms with E-state index in [-0.39, 0.29) is 0 Å². The number of rotatable bonds is 5. The Morgan fingerprint density at radius 2 is 2.27 bits per heavy atom. The lowest BCUT2D eigenvalue weighted by Gasteiger charge is -2.18. The van der Waals surface area contributed by atoms with E-state index in [9.17, 15) is 0 Å². The lowest BCUT2D eigenvalue weighted by molar-refractivity contribution is 0.428. The standard InChI is InChI=1S/C12H21N3/c1-8(13-10(3)11-4-5-11)6-12-7-9(2)14-15-12/h7-8,10-11,13H,4-6H2,1-3H3,(H,14,15). The summed E-state index contributed by atoms with van der Waals surface area (Å²) in [6, 6.07) is 3.31. The van der Waals surface area contributed by atoms with E-state index in [2.05, 4.69) is 35.4 Å². The van der Waals surface area contributed by atoms with Crippen LogP contribution >= 0.6 is 0 Å². The van der Waals surface area contributed by atoms with Crippen LogP contribution in [-0.2, 0) is 6.42 Å². The molecule has 1 saturated carbocycles. The van der Waals surface area contributed by atoms with Gasteiger partial charge in [0.15, 0.2) is 0 Å². The highest BCUT2D eigenvalue weighted by Crippen LogP contribution is 2.32. The first kappa shape index (κ1) is 10.7. The lowest BCUT2D eigenvalue weighted by Crippen LogP contribution is -2.37. The van der Waals surface area contributed by atoms with Gasteiger partial charge in [-0.05, 0) is 45.6 Å². The highest BCUT2D eigenvalue weighted by molar-refractivity contribution is 5.08. The van der Waals surface area contributed by atoms with Crippen molar-refractivity contribution in [1.82, 2.24) is 15.5 Å². The summed E-state index contributed by atoms with van der Waals surface area (Å²) in [4.78, 5) is 0. The second-order valence-corrected chi connectivity index (χ2v) is 4.94. The molecule has 2 atom stereocenters. The summed E-state index contributed by atoms with van der Waals surface area (Å²) in [5, 5.41) is 10.9. The van der Waals surface area contributed by atoms with Gasteiger partial charge in [-0.3, -0.25) is 5.10 Å². The van der Waals surface area contributed by atoms with Crippen LogP contribution in [0, 0.1) is 12.8 Å². The molecule has 2 N–H and O–H groups in total. The molecule has 0 bridgehead atoms. The number of hydrogen-bond donors (Lipinski definition) is 2. The van der Waals surface area contributed by atoms with Crippen LogP contribution in [0.25, 0.3) is 0 Å². The summed E-state index contributed by atoms with van der Waals surface area (Å²) in [5.41, 5.74) is 2.31. The van der Waals surface area contributed by atoms with Crippen molar-refractivity contribution in [3.63, 3.8) is 0 Å². The maximum atomic E-state index is 4.26. The third kappa shape index (κ3) is 3.06. The van der Waals surface area contributed by atoms with Gasteiger partial charge in [0.1, 0.15) is 0 Å². The number of H-pyrrole nitrogens is 1. The Morgan fingerprint density at radius 1 is 1.53 bits per heavy atom. The van der Waals surface area contributed by atoms with E-state index in [4.69, 9.17) is 0 Å². The van der Waals surface area contributed by atoms with E-state index in [0.717, 1.165) is 23.7 Å². The minimum absolute atomic E-state index is 0.517. The molecule has 0 aliphatic heterocycles. The number of aryl methyl sites for hydroxylation is 1. The van der Waals surface area contributed by atoms with Gasteiger partial charge in [0.2, 0.25) is 0 Å².